The second kappa shape index (κ2) is 7.97. The number of aryl methyl sites for hydroxylation is 1. The van der Waals surface area contributed by atoms with Crippen molar-refractivity contribution in [3.8, 4) is 22.8 Å². The zero-order valence-corrected chi connectivity index (χ0v) is 17.1. The fourth-order valence-corrected chi connectivity index (χ4v) is 3.86. The van der Waals surface area contributed by atoms with Crippen LogP contribution in [0.1, 0.15) is 11.1 Å². The number of hydrogen-bond acceptors (Lipinski definition) is 6. The topological polar surface area (TPSA) is 73.6 Å². The average Bonchev–Trinajstić information content (AvgIpc) is 3.34. The number of anilines is 1. The van der Waals surface area contributed by atoms with Crippen molar-refractivity contribution in [3.63, 3.8) is 0 Å². The quantitative estimate of drug-likeness (QED) is 0.483. The van der Waals surface area contributed by atoms with Crippen molar-refractivity contribution in [2.45, 2.75) is 13.3 Å². The van der Waals surface area contributed by atoms with Crippen molar-refractivity contribution in [1.82, 2.24) is 4.98 Å². The first kappa shape index (κ1) is 19.0. The third-order valence-corrected chi connectivity index (χ3v) is 5.35. The summed E-state index contributed by atoms with van der Waals surface area (Å²) in [4.78, 5) is 17.0. The molecule has 0 atom stereocenters. The van der Waals surface area contributed by atoms with Crippen LogP contribution in [0.3, 0.4) is 0 Å². The molecule has 0 aliphatic heterocycles. The molecule has 4 rings (SSSR count). The maximum atomic E-state index is 12.5. The lowest BCUT2D eigenvalue weighted by Crippen LogP contribution is -2.13. The number of fused-ring (bicyclic) bond motifs is 1. The number of carbonyl (C=O) groups excluding carboxylic acids is 1. The molecule has 2 aromatic heterocycles. The van der Waals surface area contributed by atoms with Crippen LogP contribution in [0.4, 0.5) is 5.13 Å². The van der Waals surface area contributed by atoms with E-state index >= 15 is 0 Å². The summed E-state index contributed by atoms with van der Waals surface area (Å²) in [6.45, 7) is 2.01. The third-order valence-electron chi connectivity index (χ3n) is 4.59. The fourth-order valence-electron chi connectivity index (χ4n) is 3.12. The highest BCUT2D eigenvalue weighted by molar-refractivity contribution is 7.14. The molecule has 4 aromatic rings. The smallest absolute Gasteiger partial charge is 0.230 e. The Morgan fingerprint density at radius 2 is 1.97 bits per heavy atom. The molecular formula is C22H20N2O4S. The number of rotatable bonds is 6. The highest BCUT2D eigenvalue weighted by atomic mass is 32.1. The van der Waals surface area contributed by atoms with Crippen LogP contribution in [0, 0.1) is 6.92 Å². The van der Waals surface area contributed by atoms with E-state index < -0.39 is 0 Å². The average molecular weight is 408 g/mol. The van der Waals surface area contributed by atoms with Crippen LogP contribution in [0.15, 0.2) is 52.5 Å². The van der Waals surface area contributed by atoms with Crippen molar-refractivity contribution in [2.24, 2.45) is 0 Å². The van der Waals surface area contributed by atoms with E-state index in [1.54, 1.807) is 20.5 Å². The first-order chi connectivity index (χ1) is 14.1. The predicted octanol–water partition coefficient (Wildman–Crippen LogP) is 5.06. The Kier molecular flexibility index (Phi) is 5.22. The largest absolute Gasteiger partial charge is 0.493 e. The Balaban J connectivity index is 1.48. The lowest BCUT2D eigenvalue weighted by atomic mass is 10.1. The van der Waals surface area contributed by atoms with Crippen LogP contribution >= 0.6 is 11.3 Å². The monoisotopic (exact) mass is 408 g/mol. The van der Waals surface area contributed by atoms with Crippen molar-refractivity contribution < 1.29 is 18.7 Å². The first-order valence-corrected chi connectivity index (χ1v) is 9.90. The van der Waals surface area contributed by atoms with Crippen LogP contribution in [0.2, 0.25) is 0 Å². The molecule has 0 saturated heterocycles. The Morgan fingerprint density at radius 1 is 1.14 bits per heavy atom. The number of carbonyl (C=O) groups is 1. The van der Waals surface area contributed by atoms with Crippen LogP contribution in [0.25, 0.3) is 22.2 Å². The van der Waals surface area contributed by atoms with Gasteiger partial charge in [-0.1, -0.05) is 12.1 Å². The second-order valence-corrected chi connectivity index (χ2v) is 7.45. The number of methoxy groups -OCH3 is 2. The maximum absolute atomic E-state index is 12.5. The lowest BCUT2D eigenvalue weighted by Gasteiger charge is -2.08. The predicted molar refractivity (Wildman–Crippen MR) is 114 cm³/mol. The molecule has 2 aromatic carbocycles. The number of nitrogens with one attached hydrogen (secondary N) is 1. The summed E-state index contributed by atoms with van der Waals surface area (Å²) in [5, 5.41) is 6.26. The summed E-state index contributed by atoms with van der Waals surface area (Å²) in [5.74, 6) is 1.15. The molecule has 0 spiro atoms. The zero-order valence-electron chi connectivity index (χ0n) is 16.3. The normalized spacial score (nSPS) is 10.9. The number of nitrogens with zero attached hydrogens (tertiary/aromatic N) is 1. The summed E-state index contributed by atoms with van der Waals surface area (Å²) in [6.07, 6.45) is 1.86. The number of hydrogen-bond donors (Lipinski definition) is 1. The number of aromatic nitrogens is 1. The van der Waals surface area contributed by atoms with Gasteiger partial charge < -0.3 is 19.2 Å². The Labute approximate surface area is 172 Å². The summed E-state index contributed by atoms with van der Waals surface area (Å²) in [7, 11) is 3.19. The van der Waals surface area contributed by atoms with Gasteiger partial charge in [0.05, 0.1) is 32.6 Å². The van der Waals surface area contributed by atoms with E-state index in [-0.39, 0.29) is 12.3 Å². The number of amides is 1. The van der Waals surface area contributed by atoms with Gasteiger partial charge in [0.15, 0.2) is 16.6 Å². The van der Waals surface area contributed by atoms with Gasteiger partial charge in [0.1, 0.15) is 5.58 Å². The molecular weight excluding hydrogens is 388 g/mol. The van der Waals surface area contributed by atoms with Gasteiger partial charge in [-0.25, -0.2) is 4.98 Å². The molecule has 0 saturated carbocycles. The molecule has 148 valence electrons. The van der Waals surface area contributed by atoms with E-state index in [1.807, 2.05) is 48.7 Å². The van der Waals surface area contributed by atoms with Crippen LogP contribution in [-0.2, 0) is 11.2 Å². The Hall–Kier alpha value is -3.32. The Morgan fingerprint density at radius 3 is 2.76 bits per heavy atom. The molecule has 1 N–H and O–H groups in total. The summed E-state index contributed by atoms with van der Waals surface area (Å²) in [6, 6.07) is 11.6. The molecule has 0 aliphatic carbocycles. The first-order valence-electron chi connectivity index (χ1n) is 9.02. The van der Waals surface area contributed by atoms with Crippen molar-refractivity contribution in [1.29, 1.82) is 0 Å². The number of furan rings is 1. The van der Waals surface area contributed by atoms with E-state index in [0.717, 1.165) is 33.4 Å². The number of benzene rings is 2. The zero-order chi connectivity index (χ0) is 20.4. The highest BCUT2D eigenvalue weighted by Gasteiger charge is 2.14. The molecule has 7 heteroatoms. The van der Waals surface area contributed by atoms with Crippen molar-refractivity contribution >= 4 is 33.3 Å². The van der Waals surface area contributed by atoms with Gasteiger partial charge in [-0.15, -0.1) is 11.3 Å². The fraction of sp³-hybridized carbons (Fsp3) is 0.182. The maximum Gasteiger partial charge on any atom is 0.230 e. The number of thiazole rings is 1. The molecule has 1 amide bonds. The SMILES string of the molecule is COc1ccc(-c2csc(NC(=O)Cc3coc4cc(C)ccc34)n2)cc1OC. The molecule has 2 heterocycles. The van der Waals surface area contributed by atoms with Gasteiger partial charge in [0.25, 0.3) is 0 Å². The third kappa shape index (κ3) is 3.95. The van der Waals surface area contributed by atoms with Crippen LogP contribution in [0.5, 0.6) is 11.5 Å². The minimum atomic E-state index is -0.138. The van der Waals surface area contributed by atoms with E-state index in [2.05, 4.69) is 10.3 Å². The van der Waals surface area contributed by atoms with Gasteiger partial charge in [-0.05, 0) is 36.8 Å². The standard InChI is InChI=1S/C22H20N2O4S/c1-13-4-6-16-15(11-28-19(16)8-13)10-21(25)24-22-23-17(12-29-22)14-5-7-18(26-2)20(9-14)27-3/h4-9,11-12H,10H2,1-3H3,(H,23,24,25). The minimum Gasteiger partial charge on any atom is -0.493 e. The van der Waals surface area contributed by atoms with E-state index in [9.17, 15) is 4.79 Å². The second-order valence-electron chi connectivity index (χ2n) is 6.59. The molecule has 29 heavy (non-hydrogen) atoms. The lowest BCUT2D eigenvalue weighted by molar-refractivity contribution is -0.115. The molecule has 0 aliphatic rings. The molecule has 0 fully saturated rings. The molecule has 6 nitrogen and oxygen atoms in total. The number of ether oxygens (including phenoxy) is 2. The van der Waals surface area contributed by atoms with Crippen molar-refractivity contribution in [3.05, 3.63) is 59.2 Å². The van der Waals surface area contributed by atoms with Gasteiger partial charge in [-0.3, -0.25) is 4.79 Å². The van der Waals surface area contributed by atoms with Crippen LogP contribution < -0.4 is 14.8 Å². The van der Waals surface area contributed by atoms with E-state index in [4.69, 9.17) is 13.9 Å². The van der Waals surface area contributed by atoms with Gasteiger partial charge in [0.2, 0.25) is 5.91 Å². The minimum absolute atomic E-state index is 0.138. The summed E-state index contributed by atoms with van der Waals surface area (Å²) >= 11 is 1.38. The summed E-state index contributed by atoms with van der Waals surface area (Å²) < 4.78 is 16.2. The van der Waals surface area contributed by atoms with Gasteiger partial charge in [0, 0.05) is 21.9 Å². The van der Waals surface area contributed by atoms with E-state index in [1.165, 1.54) is 11.3 Å². The van der Waals surface area contributed by atoms with Gasteiger partial charge in [-0.2, -0.15) is 0 Å². The van der Waals surface area contributed by atoms with Gasteiger partial charge >= 0.3 is 0 Å². The molecule has 0 radical (unpaired) electrons. The van der Waals surface area contributed by atoms with Crippen molar-refractivity contribution in [2.75, 3.05) is 19.5 Å². The van der Waals surface area contributed by atoms with E-state index in [0.29, 0.717) is 16.6 Å². The van der Waals surface area contributed by atoms with Crippen LogP contribution in [-0.4, -0.2) is 25.1 Å². The molecule has 0 unspecified atom stereocenters. The molecule has 0 bridgehead atoms. The summed E-state index contributed by atoms with van der Waals surface area (Å²) in [5.41, 5.74) is 4.41. The highest BCUT2D eigenvalue weighted by Crippen LogP contribution is 2.33. The Bertz CT molecular complexity index is 1180.